The molecule has 0 saturated heterocycles. The highest BCUT2D eigenvalue weighted by Gasteiger charge is 2.25. The first kappa shape index (κ1) is 17.1. The summed E-state index contributed by atoms with van der Waals surface area (Å²) in [5, 5.41) is 5.49. The zero-order valence-electron chi connectivity index (χ0n) is 13.9. The predicted octanol–water partition coefficient (Wildman–Crippen LogP) is 2.79. The number of rotatable bonds is 5. The van der Waals surface area contributed by atoms with Gasteiger partial charge in [0.05, 0.1) is 11.5 Å². The summed E-state index contributed by atoms with van der Waals surface area (Å²) in [5.74, 6) is -1.18. The number of carbonyl (C=O) groups excluding carboxylic acids is 2. The van der Waals surface area contributed by atoms with Crippen LogP contribution in [0.5, 0.6) is 0 Å². The molecule has 2 N–H and O–H groups in total. The number of hydrogen-bond acceptors (Lipinski definition) is 2. The Labute approximate surface area is 146 Å². The molecule has 1 aliphatic rings. The highest BCUT2D eigenvalue weighted by atomic mass is 19.1. The van der Waals surface area contributed by atoms with Gasteiger partial charge in [0.25, 0.3) is 5.91 Å². The number of nitrogens with one attached hydrogen (secondary N) is 2. The first-order valence-electron chi connectivity index (χ1n) is 8.55. The third-order valence-corrected chi connectivity index (χ3v) is 4.51. The summed E-state index contributed by atoms with van der Waals surface area (Å²) in [4.78, 5) is 24.4. The minimum absolute atomic E-state index is 0.00929. The normalized spacial score (nSPS) is 16.0. The maximum Gasteiger partial charge on any atom is 0.254 e. The molecule has 0 fully saturated rings. The second-order valence-electron chi connectivity index (χ2n) is 6.17. The second-order valence-corrected chi connectivity index (χ2v) is 6.17. The van der Waals surface area contributed by atoms with Crippen LogP contribution < -0.4 is 10.6 Å². The third-order valence-electron chi connectivity index (χ3n) is 4.51. The molecule has 130 valence electrons. The van der Waals surface area contributed by atoms with Crippen LogP contribution in [-0.2, 0) is 11.2 Å². The van der Waals surface area contributed by atoms with Gasteiger partial charge in [0, 0.05) is 13.1 Å². The number of benzene rings is 2. The molecule has 2 aromatic carbocycles. The molecule has 3 rings (SSSR count). The molecule has 2 amide bonds. The van der Waals surface area contributed by atoms with Crippen molar-refractivity contribution in [1.29, 1.82) is 0 Å². The van der Waals surface area contributed by atoms with Gasteiger partial charge in [0.15, 0.2) is 0 Å². The predicted molar refractivity (Wildman–Crippen MR) is 93.9 cm³/mol. The van der Waals surface area contributed by atoms with Crippen LogP contribution in [0.2, 0.25) is 0 Å². The first-order chi connectivity index (χ1) is 12.2. The molecule has 4 nitrogen and oxygen atoms in total. The van der Waals surface area contributed by atoms with Crippen LogP contribution in [0.1, 0.15) is 40.2 Å². The lowest BCUT2D eigenvalue weighted by atomic mass is 9.82. The van der Waals surface area contributed by atoms with E-state index >= 15 is 0 Å². The topological polar surface area (TPSA) is 58.2 Å². The Morgan fingerprint density at radius 1 is 1.00 bits per heavy atom. The summed E-state index contributed by atoms with van der Waals surface area (Å²) in [7, 11) is 0. The van der Waals surface area contributed by atoms with Gasteiger partial charge < -0.3 is 10.6 Å². The molecule has 1 atom stereocenters. The van der Waals surface area contributed by atoms with Crippen molar-refractivity contribution >= 4 is 11.8 Å². The Morgan fingerprint density at radius 2 is 1.72 bits per heavy atom. The molecule has 5 heteroatoms. The van der Waals surface area contributed by atoms with Crippen LogP contribution in [0.25, 0.3) is 0 Å². The molecular formula is C20H21FN2O2. The van der Waals surface area contributed by atoms with Gasteiger partial charge in [0.2, 0.25) is 5.91 Å². The van der Waals surface area contributed by atoms with E-state index in [2.05, 4.69) is 16.7 Å². The summed E-state index contributed by atoms with van der Waals surface area (Å²) in [6.45, 7) is 0.574. The number of fused-ring (bicyclic) bond motifs is 1. The minimum Gasteiger partial charge on any atom is -0.354 e. The number of hydrogen-bond donors (Lipinski definition) is 2. The minimum atomic E-state index is -0.553. The molecular weight excluding hydrogens is 319 g/mol. The fourth-order valence-corrected chi connectivity index (χ4v) is 3.25. The van der Waals surface area contributed by atoms with E-state index in [1.807, 2.05) is 18.2 Å². The summed E-state index contributed by atoms with van der Waals surface area (Å²) < 4.78 is 13.5. The summed E-state index contributed by atoms with van der Waals surface area (Å²) in [6, 6.07) is 13.9. The summed E-state index contributed by atoms with van der Waals surface area (Å²) in [5.41, 5.74) is 2.35. The number of amides is 2. The van der Waals surface area contributed by atoms with Gasteiger partial charge >= 0.3 is 0 Å². The molecule has 0 aliphatic heterocycles. The van der Waals surface area contributed by atoms with E-state index in [0.29, 0.717) is 6.54 Å². The van der Waals surface area contributed by atoms with Crippen molar-refractivity contribution in [2.75, 3.05) is 13.1 Å². The smallest absolute Gasteiger partial charge is 0.254 e. The fraction of sp³-hybridized carbons (Fsp3) is 0.300. The summed E-state index contributed by atoms with van der Waals surface area (Å²) in [6.07, 6.45) is 2.85. The molecule has 0 aromatic heterocycles. The van der Waals surface area contributed by atoms with Gasteiger partial charge in [-0.3, -0.25) is 9.59 Å². The van der Waals surface area contributed by atoms with Gasteiger partial charge in [-0.15, -0.1) is 0 Å². The van der Waals surface area contributed by atoms with Crippen molar-refractivity contribution in [2.45, 2.75) is 25.2 Å². The Hall–Kier alpha value is -2.69. The molecule has 2 aromatic rings. The fourth-order valence-electron chi connectivity index (χ4n) is 3.25. The largest absolute Gasteiger partial charge is 0.354 e. The maximum absolute atomic E-state index is 13.5. The van der Waals surface area contributed by atoms with Crippen molar-refractivity contribution in [2.24, 2.45) is 0 Å². The first-order valence-corrected chi connectivity index (χ1v) is 8.55. The number of carbonyl (C=O) groups is 2. The van der Waals surface area contributed by atoms with E-state index in [0.717, 1.165) is 24.8 Å². The zero-order chi connectivity index (χ0) is 17.6. The Balaban J connectivity index is 1.49. The SMILES string of the molecule is O=C(NCCNC(=O)[C@@H]1CCCc2ccccc21)c1ccccc1F. The molecule has 1 aliphatic carbocycles. The highest BCUT2D eigenvalue weighted by Crippen LogP contribution is 2.31. The quantitative estimate of drug-likeness (QED) is 0.823. The van der Waals surface area contributed by atoms with Gasteiger partial charge in [-0.25, -0.2) is 4.39 Å². The molecule has 0 heterocycles. The lowest BCUT2D eigenvalue weighted by Gasteiger charge is -2.24. The molecule has 25 heavy (non-hydrogen) atoms. The van der Waals surface area contributed by atoms with Gasteiger partial charge in [-0.1, -0.05) is 36.4 Å². The van der Waals surface area contributed by atoms with Crippen molar-refractivity contribution in [3.63, 3.8) is 0 Å². The Bertz CT molecular complexity index is 776. The van der Waals surface area contributed by atoms with Gasteiger partial charge in [0.1, 0.15) is 5.82 Å². The van der Waals surface area contributed by atoms with Crippen LogP contribution in [0.4, 0.5) is 4.39 Å². The van der Waals surface area contributed by atoms with E-state index in [4.69, 9.17) is 0 Å². The van der Waals surface area contributed by atoms with Crippen LogP contribution >= 0.6 is 0 Å². The molecule has 0 unspecified atom stereocenters. The van der Waals surface area contributed by atoms with Crippen LogP contribution in [0.15, 0.2) is 48.5 Å². The molecule has 0 spiro atoms. The Kier molecular flexibility index (Phi) is 5.43. The van der Waals surface area contributed by atoms with E-state index < -0.39 is 11.7 Å². The van der Waals surface area contributed by atoms with Crippen molar-refractivity contribution in [3.8, 4) is 0 Å². The standard InChI is InChI=1S/C20H21FN2O2/c21-18-11-4-3-9-17(18)20(25)23-13-12-22-19(24)16-10-5-7-14-6-1-2-8-15(14)16/h1-4,6,8-9,11,16H,5,7,10,12-13H2,(H,22,24)(H,23,25)/t16-/m1/s1. The monoisotopic (exact) mass is 340 g/mol. The molecule has 0 bridgehead atoms. The van der Waals surface area contributed by atoms with Crippen molar-refractivity contribution in [3.05, 3.63) is 71.0 Å². The average Bonchev–Trinajstić information content (AvgIpc) is 2.64. The highest BCUT2D eigenvalue weighted by molar-refractivity contribution is 5.94. The van der Waals surface area contributed by atoms with Gasteiger partial charge in [-0.05, 0) is 42.5 Å². The average molecular weight is 340 g/mol. The summed E-state index contributed by atoms with van der Waals surface area (Å²) >= 11 is 0. The van der Waals surface area contributed by atoms with Crippen molar-refractivity contribution in [1.82, 2.24) is 10.6 Å². The van der Waals surface area contributed by atoms with Crippen LogP contribution in [0.3, 0.4) is 0 Å². The third kappa shape index (κ3) is 4.05. The van der Waals surface area contributed by atoms with E-state index in [1.165, 1.54) is 23.8 Å². The van der Waals surface area contributed by atoms with Crippen molar-refractivity contribution < 1.29 is 14.0 Å². The van der Waals surface area contributed by atoms with E-state index in [9.17, 15) is 14.0 Å². The maximum atomic E-state index is 13.5. The van der Waals surface area contributed by atoms with E-state index in [1.54, 1.807) is 6.07 Å². The second kappa shape index (κ2) is 7.92. The number of aryl methyl sites for hydroxylation is 1. The lowest BCUT2D eigenvalue weighted by molar-refractivity contribution is -0.122. The van der Waals surface area contributed by atoms with Gasteiger partial charge in [-0.2, -0.15) is 0 Å². The lowest BCUT2D eigenvalue weighted by Crippen LogP contribution is -2.37. The molecule has 0 radical (unpaired) electrons. The van der Waals surface area contributed by atoms with Crippen LogP contribution in [-0.4, -0.2) is 24.9 Å². The number of halogens is 1. The molecule has 0 saturated carbocycles. The Morgan fingerprint density at radius 3 is 2.56 bits per heavy atom. The van der Waals surface area contributed by atoms with E-state index in [-0.39, 0.29) is 23.9 Å². The zero-order valence-corrected chi connectivity index (χ0v) is 13.9. The van der Waals surface area contributed by atoms with Crippen LogP contribution in [0, 0.1) is 5.82 Å².